The molecule has 0 fully saturated rings. The summed E-state index contributed by atoms with van der Waals surface area (Å²) in [6, 6.07) is 26.7. The molecule has 1 aliphatic heterocycles. The Balaban J connectivity index is 1.65. The maximum Gasteiger partial charge on any atom is 0.337 e. The predicted molar refractivity (Wildman–Crippen MR) is 130 cm³/mol. The first-order chi connectivity index (χ1) is 16.1. The number of benzene rings is 3. The first kappa shape index (κ1) is 20.8. The lowest BCUT2D eigenvalue weighted by Crippen LogP contribution is -2.36. The average molecular weight is 453 g/mol. The number of carbonyl (C=O) groups is 1. The summed E-state index contributed by atoms with van der Waals surface area (Å²) in [5, 5.41) is 0. The van der Waals surface area contributed by atoms with Crippen molar-refractivity contribution in [2.45, 2.75) is 6.04 Å². The standard InChI is InChI=1S/C27H20N2O3S/c1-32-26(31)21-14-12-18(13-15-21)16-24-25(30)29-23(20-10-6-3-7-11-20)17-22(28-27(29)33-24)19-8-4-2-5-9-19/h2-17,23H,1H3. The Bertz CT molecular complexity index is 1520. The first-order valence-electron chi connectivity index (χ1n) is 10.5. The van der Waals surface area contributed by atoms with Gasteiger partial charge in [-0.05, 0) is 41.0 Å². The zero-order valence-corrected chi connectivity index (χ0v) is 18.7. The summed E-state index contributed by atoms with van der Waals surface area (Å²) in [6.45, 7) is 0. The summed E-state index contributed by atoms with van der Waals surface area (Å²) in [4.78, 5) is 30.6. The quantitative estimate of drug-likeness (QED) is 0.443. The van der Waals surface area contributed by atoms with E-state index in [9.17, 15) is 9.59 Å². The van der Waals surface area contributed by atoms with Crippen LogP contribution in [0.15, 0.2) is 101 Å². The Hall–Kier alpha value is -4.03. The largest absolute Gasteiger partial charge is 0.465 e. The van der Waals surface area contributed by atoms with Gasteiger partial charge < -0.3 is 4.74 Å². The van der Waals surface area contributed by atoms with Gasteiger partial charge in [0, 0.05) is 0 Å². The van der Waals surface area contributed by atoms with E-state index in [0.717, 1.165) is 22.4 Å². The predicted octanol–water partition coefficient (Wildman–Crippen LogP) is 3.79. The minimum Gasteiger partial charge on any atom is -0.465 e. The third-order valence-electron chi connectivity index (χ3n) is 5.49. The van der Waals surface area contributed by atoms with Crippen LogP contribution in [0.4, 0.5) is 0 Å². The molecule has 5 nitrogen and oxygen atoms in total. The fourth-order valence-corrected chi connectivity index (χ4v) is 4.84. The van der Waals surface area contributed by atoms with Crippen molar-refractivity contribution in [1.29, 1.82) is 0 Å². The van der Waals surface area contributed by atoms with Crippen LogP contribution in [0.2, 0.25) is 0 Å². The van der Waals surface area contributed by atoms with Crippen molar-refractivity contribution in [3.8, 4) is 0 Å². The van der Waals surface area contributed by atoms with E-state index in [1.54, 1.807) is 28.8 Å². The number of esters is 1. The average Bonchev–Trinajstić information content (AvgIpc) is 3.19. The molecule has 6 heteroatoms. The molecular weight excluding hydrogens is 432 g/mol. The van der Waals surface area contributed by atoms with Crippen LogP contribution in [0, 0.1) is 0 Å². The molecule has 162 valence electrons. The zero-order valence-electron chi connectivity index (χ0n) is 17.8. The molecule has 1 unspecified atom stereocenters. The summed E-state index contributed by atoms with van der Waals surface area (Å²) in [7, 11) is 1.35. The number of allylic oxidation sites excluding steroid dienone is 1. The molecule has 1 aromatic heterocycles. The van der Waals surface area contributed by atoms with E-state index in [-0.39, 0.29) is 11.6 Å². The minimum absolute atomic E-state index is 0.0898. The van der Waals surface area contributed by atoms with Gasteiger partial charge in [0.15, 0.2) is 4.80 Å². The van der Waals surface area contributed by atoms with Gasteiger partial charge in [-0.15, -0.1) is 0 Å². The molecule has 5 rings (SSSR count). The maximum absolute atomic E-state index is 13.4. The fraction of sp³-hybridized carbons (Fsp3) is 0.0741. The van der Waals surface area contributed by atoms with Crippen LogP contribution in [0.1, 0.15) is 33.1 Å². The molecule has 4 aromatic rings. The van der Waals surface area contributed by atoms with Gasteiger partial charge in [-0.1, -0.05) is 84.1 Å². The fourth-order valence-electron chi connectivity index (χ4n) is 3.82. The lowest BCUT2D eigenvalue weighted by molar-refractivity contribution is 0.0600. The summed E-state index contributed by atoms with van der Waals surface area (Å²) in [5.41, 5.74) is 4.08. The number of aromatic nitrogens is 1. The highest BCUT2D eigenvalue weighted by atomic mass is 32.1. The summed E-state index contributed by atoms with van der Waals surface area (Å²) in [6.07, 6.45) is 3.87. The van der Waals surface area contributed by atoms with E-state index < -0.39 is 5.97 Å². The molecule has 0 aliphatic carbocycles. The maximum atomic E-state index is 13.4. The molecule has 0 radical (unpaired) electrons. The van der Waals surface area contributed by atoms with Crippen molar-refractivity contribution in [3.05, 3.63) is 133 Å². The second kappa shape index (κ2) is 8.84. The highest BCUT2D eigenvalue weighted by molar-refractivity contribution is 7.07. The number of ether oxygens (including phenoxy) is 1. The van der Waals surface area contributed by atoms with Crippen LogP contribution in [0.3, 0.4) is 0 Å². The number of nitrogens with zero attached hydrogens (tertiary/aromatic N) is 2. The van der Waals surface area contributed by atoms with Crippen LogP contribution in [0.25, 0.3) is 11.8 Å². The summed E-state index contributed by atoms with van der Waals surface area (Å²) < 4.78 is 7.09. The van der Waals surface area contributed by atoms with Gasteiger partial charge >= 0.3 is 5.97 Å². The molecule has 1 atom stereocenters. The molecule has 0 spiro atoms. The number of hydrogen-bond donors (Lipinski definition) is 0. The van der Waals surface area contributed by atoms with Crippen LogP contribution < -0.4 is 14.9 Å². The van der Waals surface area contributed by atoms with Gasteiger partial charge in [0.1, 0.15) is 0 Å². The molecule has 3 aromatic carbocycles. The van der Waals surface area contributed by atoms with Crippen LogP contribution >= 0.6 is 11.3 Å². The first-order valence-corrected chi connectivity index (χ1v) is 11.3. The highest BCUT2D eigenvalue weighted by Gasteiger charge is 2.22. The number of hydrogen-bond acceptors (Lipinski definition) is 5. The molecule has 0 saturated heterocycles. The van der Waals surface area contributed by atoms with Crippen molar-refractivity contribution in [2.24, 2.45) is 4.99 Å². The van der Waals surface area contributed by atoms with Gasteiger partial charge in [0.05, 0.1) is 28.9 Å². The van der Waals surface area contributed by atoms with E-state index in [4.69, 9.17) is 9.73 Å². The number of rotatable bonds is 4. The molecule has 2 heterocycles. The molecule has 0 saturated carbocycles. The van der Waals surface area contributed by atoms with E-state index in [1.165, 1.54) is 18.4 Å². The topological polar surface area (TPSA) is 60.7 Å². The third-order valence-corrected chi connectivity index (χ3v) is 6.47. The Morgan fingerprint density at radius 3 is 2.30 bits per heavy atom. The molecule has 33 heavy (non-hydrogen) atoms. The Kier molecular flexibility index (Phi) is 5.59. The van der Waals surface area contributed by atoms with E-state index >= 15 is 0 Å². The van der Waals surface area contributed by atoms with Crippen molar-refractivity contribution >= 4 is 29.1 Å². The summed E-state index contributed by atoms with van der Waals surface area (Å²) in [5.74, 6) is -0.391. The lowest BCUT2D eigenvalue weighted by Gasteiger charge is -2.19. The highest BCUT2D eigenvalue weighted by Crippen LogP contribution is 2.26. The monoisotopic (exact) mass is 452 g/mol. The molecule has 0 N–H and O–H groups in total. The SMILES string of the molecule is COC(=O)c1ccc(C=c2sc3n(c2=O)C(c2ccccc2)C=C(c2ccccc2)N=3)cc1. The van der Waals surface area contributed by atoms with Gasteiger partial charge in [0.2, 0.25) is 0 Å². The van der Waals surface area contributed by atoms with Crippen LogP contribution in [0.5, 0.6) is 0 Å². The summed E-state index contributed by atoms with van der Waals surface area (Å²) >= 11 is 1.36. The Labute approximate surface area is 194 Å². The third kappa shape index (κ3) is 4.08. The van der Waals surface area contributed by atoms with Crippen molar-refractivity contribution in [2.75, 3.05) is 7.11 Å². The second-order valence-corrected chi connectivity index (χ2v) is 8.58. The van der Waals surface area contributed by atoms with Crippen LogP contribution in [-0.4, -0.2) is 17.6 Å². The van der Waals surface area contributed by atoms with Gasteiger partial charge in [0.25, 0.3) is 5.56 Å². The van der Waals surface area contributed by atoms with Crippen molar-refractivity contribution in [3.63, 3.8) is 0 Å². The number of methoxy groups -OCH3 is 1. The Morgan fingerprint density at radius 2 is 1.64 bits per heavy atom. The minimum atomic E-state index is -0.391. The second-order valence-electron chi connectivity index (χ2n) is 7.57. The van der Waals surface area contributed by atoms with E-state index in [1.807, 2.05) is 72.8 Å². The molecule has 0 bridgehead atoms. The smallest absolute Gasteiger partial charge is 0.337 e. The van der Waals surface area contributed by atoms with Gasteiger partial charge in [-0.25, -0.2) is 9.79 Å². The van der Waals surface area contributed by atoms with Crippen molar-refractivity contribution in [1.82, 2.24) is 4.57 Å². The van der Waals surface area contributed by atoms with E-state index in [0.29, 0.717) is 14.9 Å². The molecule has 0 amide bonds. The lowest BCUT2D eigenvalue weighted by atomic mass is 10.0. The molecular formula is C27H20N2O3S. The molecule has 1 aliphatic rings. The number of carbonyl (C=O) groups excluding carboxylic acids is 1. The zero-order chi connectivity index (χ0) is 22.8. The van der Waals surface area contributed by atoms with Crippen molar-refractivity contribution < 1.29 is 9.53 Å². The normalized spacial score (nSPS) is 15.4. The number of fused-ring (bicyclic) bond motifs is 1. The Morgan fingerprint density at radius 1 is 0.970 bits per heavy atom. The van der Waals surface area contributed by atoms with Crippen LogP contribution in [-0.2, 0) is 4.74 Å². The van der Waals surface area contributed by atoms with Gasteiger partial charge in [-0.2, -0.15) is 0 Å². The van der Waals surface area contributed by atoms with Gasteiger partial charge in [-0.3, -0.25) is 9.36 Å². The number of thiazole rings is 1. The van der Waals surface area contributed by atoms with E-state index in [2.05, 4.69) is 0 Å².